The molecule has 1 fully saturated rings. The molecule has 17 heavy (non-hydrogen) atoms. The molecule has 2 N–H and O–H groups in total. The first-order valence-corrected chi connectivity index (χ1v) is 6.41. The van der Waals surface area contributed by atoms with Crippen LogP contribution in [0.2, 0.25) is 0 Å². The predicted molar refractivity (Wildman–Crippen MR) is 68.8 cm³/mol. The van der Waals surface area contributed by atoms with E-state index in [4.69, 9.17) is 10.5 Å². The van der Waals surface area contributed by atoms with Gasteiger partial charge in [-0.15, -0.1) is 0 Å². The molecule has 1 saturated carbocycles. The van der Waals surface area contributed by atoms with Gasteiger partial charge in [-0.2, -0.15) is 0 Å². The Labute approximate surface area is 103 Å². The van der Waals surface area contributed by atoms with Gasteiger partial charge in [0, 0.05) is 18.8 Å². The molecule has 1 heterocycles. The van der Waals surface area contributed by atoms with E-state index < -0.39 is 0 Å². The molecule has 1 aliphatic rings. The number of aromatic nitrogens is 1. The second-order valence-corrected chi connectivity index (χ2v) is 5.69. The van der Waals surface area contributed by atoms with Gasteiger partial charge in [0.25, 0.3) is 0 Å². The van der Waals surface area contributed by atoms with Gasteiger partial charge in [0.1, 0.15) is 6.10 Å². The fourth-order valence-corrected chi connectivity index (χ4v) is 2.26. The third kappa shape index (κ3) is 3.43. The van der Waals surface area contributed by atoms with Gasteiger partial charge in [-0.3, -0.25) is 0 Å². The third-order valence-electron chi connectivity index (χ3n) is 3.61. The SMILES string of the molecule is CC1(C)CCC(Oc2ccc(CN)cn2)CC1. The molecule has 1 aromatic rings. The monoisotopic (exact) mass is 234 g/mol. The Morgan fingerprint density at radius 2 is 2.06 bits per heavy atom. The van der Waals surface area contributed by atoms with Crippen molar-refractivity contribution in [3.05, 3.63) is 23.9 Å². The van der Waals surface area contributed by atoms with Crippen molar-refractivity contribution in [3.8, 4) is 5.88 Å². The van der Waals surface area contributed by atoms with Crippen LogP contribution < -0.4 is 10.5 Å². The van der Waals surface area contributed by atoms with Crippen LogP contribution in [0.25, 0.3) is 0 Å². The van der Waals surface area contributed by atoms with Crippen LogP contribution in [0.3, 0.4) is 0 Å². The van der Waals surface area contributed by atoms with Gasteiger partial charge in [0.05, 0.1) is 0 Å². The van der Waals surface area contributed by atoms with E-state index in [0.717, 1.165) is 24.3 Å². The van der Waals surface area contributed by atoms with E-state index in [1.807, 2.05) is 12.1 Å². The molecule has 0 unspecified atom stereocenters. The average Bonchev–Trinajstić information content (AvgIpc) is 2.33. The van der Waals surface area contributed by atoms with E-state index in [2.05, 4.69) is 18.8 Å². The molecule has 1 aromatic heterocycles. The van der Waals surface area contributed by atoms with E-state index in [0.29, 0.717) is 18.1 Å². The molecule has 0 spiro atoms. The molecule has 0 aromatic carbocycles. The maximum Gasteiger partial charge on any atom is 0.213 e. The molecule has 0 saturated heterocycles. The van der Waals surface area contributed by atoms with Crippen LogP contribution in [0.15, 0.2) is 18.3 Å². The van der Waals surface area contributed by atoms with E-state index in [1.165, 1.54) is 12.8 Å². The lowest BCUT2D eigenvalue weighted by Crippen LogP contribution is -2.28. The lowest BCUT2D eigenvalue weighted by molar-refractivity contribution is 0.0949. The van der Waals surface area contributed by atoms with E-state index in [1.54, 1.807) is 6.20 Å². The number of pyridine rings is 1. The van der Waals surface area contributed by atoms with E-state index >= 15 is 0 Å². The first-order chi connectivity index (χ1) is 8.09. The van der Waals surface area contributed by atoms with Crippen LogP contribution in [0.1, 0.15) is 45.1 Å². The highest BCUT2D eigenvalue weighted by Gasteiger charge is 2.27. The maximum absolute atomic E-state index is 5.90. The number of nitrogens with zero attached hydrogens (tertiary/aromatic N) is 1. The van der Waals surface area contributed by atoms with Crippen molar-refractivity contribution in [3.63, 3.8) is 0 Å². The molecule has 0 bridgehead atoms. The fourth-order valence-electron chi connectivity index (χ4n) is 2.26. The predicted octanol–water partition coefficient (Wildman–Crippen LogP) is 2.89. The molecule has 0 atom stereocenters. The average molecular weight is 234 g/mol. The maximum atomic E-state index is 5.90. The van der Waals surface area contributed by atoms with Gasteiger partial charge in [0.2, 0.25) is 5.88 Å². The number of hydrogen-bond acceptors (Lipinski definition) is 3. The molecule has 1 aliphatic carbocycles. The van der Waals surface area contributed by atoms with Gasteiger partial charge < -0.3 is 10.5 Å². The van der Waals surface area contributed by atoms with Crippen molar-refractivity contribution in [1.29, 1.82) is 0 Å². The zero-order valence-electron chi connectivity index (χ0n) is 10.8. The Kier molecular flexibility index (Phi) is 3.67. The molecule has 0 radical (unpaired) electrons. The minimum atomic E-state index is 0.333. The molecule has 0 amide bonds. The molecule has 0 aliphatic heterocycles. The summed E-state index contributed by atoms with van der Waals surface area (Å²) in [5.74, 6) is 0.729. The Morgan fingerprint density at radius 3 is 2.59 bits per heavy atom. The second kappa shape index (κ2) is 5.05. The number of hydrogen-bond donors (Lipinski definition) is 1. The molecular formula is C14H22N2O. The van der Waals surface area contributed by atoms with E-state index in [-0.39, 0.29) is 0 Å². The largest absolute Gasteiger partial charge is 0.474 e. The Morgan fingerprint density at radius 1 is 1.35 bits per heavy atom. The van der Waals surface area contributed by atoms with Crippen molar-refractivity contribution in [2.45, 2.75) is 52.2 Å². The quantitative estimate of drug-likeness (QED) is 0.874. The smallest absolute Gasteiger partial charge is 0.213 e. The van der Waals surface area contributed by atoms with E-state index in [9.17, 15) is 0 Å². The topological polar surface area (TPSA) is 48.1 Å². The van der Waals surface area contributed by atoms with Crippen LogP contribution in [0.5, 0.6) is 5.88 Å². The Balaban J connectivity index is 1.89. The normalized spacial score (nSPS) is 20.2. The van der Waals surface area contributed by atoms with Crippen molar-refractivity contribution in [2.24, 2.45) is 11.1 Å². The highest BCUT2D eigenvalue weighted by Crippen LogP contribution is 2.36. The summed E-state index contributed by atoms with van der Waals surface area (Å²) in [7, 11) is 0. The molecule has 94 valence electrons. The van der Waals surface area contributed by atoms with Gasteiger partial charge in [-0.05, 0) is 36.7 Å². The number of nitrogens with two attached hydrogens (primary N) is 1. The van der Waals surface area contributed by atoms with Crippen LogP contribution >= 0.6 is 0 Å². The Bertz CT molecular complexity index is 349. The van der Waals surface area contributed by atoms with Gasteiger partial charge in [0.15, 0.2) is 0 Å². The summed E-state index contributed by atoms with van der Waals surface area (Å²) in [5.41, 5.74) is 7.06. The molecular weight excluding hydrogens is 212 g/mol. The zero-order chi connectivity index (χ0) is 12.3. The summed E-state index contributed by atoms with van der Waals surface area (Å²) in [5, 5.41) is 0. The Hall–Kier alpha value is -1.09. The molecule has 3 heteroatoms. The lowest BCUT2D eigenvalue weighted by atomic mass is 9.76. The zero-order valence-corrected chi connectivity index (χ0v) is 10.8. The van der Waals surface area contributed by atoms with Crippen molar-refractivity contribution in [1.82, 2.24) is 4.98 Å². The standard InChI is InChI=1S/C14H22N2O/c1-14(2)7-5-12(6-8-14)17-13-4-3-11(9-15)10-16-13/h3-4,10,12H,5-9,15H2,1-2H3. The van der Waals surface area contributed by atoms with Crippen molar-refractivity contribution < 1.29 is 4.74 Å². The molecule has 3 nitrogen and oxygen atoms in total. The summed E-state index contributed by atoms with van der Waals surface area (Å²) in [6.45, 7) is 5.19. The number of rotatable bonds is 3. The summed E-state index contributed by atoms with van der Waals surface area (Å²) in [6.07, 6.45) is 6.86. The third-order valence-corrected chi connectivity index (χ3v) is 3.61. The second-order valence-electron chi connectivity index (χ2n) is 5.69. The van der Waals surface area contributed by atoms with Crippen LogP contribution in [-0.4, -0.2) is 11.1 Å². The van der Waals surface area contributed by atoms with Gasteiger partial charge in [-0.1, -0.05) is 19.9 Å². The van der Waals surface area contributed by atoms with Crippen LogP contribution in [0.4, 0.5) is 0 Å². The minimum Gasteiger partial charge on any atom is -0.474 e. The molecule has 2 rings (SSSR count). The first-order valence-electron chi connectivity index (χ1n) is 6.41. The minimum absolute atomic E-state index is 0.333. The van der Waals surface area contributed by atoms with Gasteiger partial charge in [-0.25, -0.2) is 4.98 Å². The van der Waals surface area contributed by atoms with Crippen LogP contribution in [-0.2, 0) is 6.54 Å². The summed E-state index contributed by atoms with van der Waals surface area (Å²) >= 11 is 0. The fraction of sp³-hybridized carbons (Fsp3) is 0.643. The van der Waals surface area contributed by atoms with Crippen LogP contribution in [0, 0.1) is 5.41 Å². The summed E-state index contributed by atoms with van der Waals surface area (Å²) in [4.78, 5) is 4.28. The number of ether oxygens (including phenoxy) is 1. The highest BCUT2D eigenvalue weighted by molar-refractivity contribution is 5.17. The first kappa shape index (κ1) is 12.4. The lowest BCUT2D eigenvalue weighted by Gasteiger charge is -2.34. The van der Waals surface area contributed by atoms with Crippen molar-refractivity contribution in [2.75, 3.05) is 0 Å². The van der Waals surface area contributed by atoms with Gasteiger partial charge >= 0.3 is 0 Å². The van der Waals surface area contributed by atoms with Crippen molar-refractivity contribution >= 4 is 0 Å². The summed E-state index contributed by atoms with van der Waals surface area (Å²) < 4.78 is 5.90. The summed E-state index contributed by atoms with van der Waals surface area (Å²) in [6, 6.07) is 3.90. The highest BCUT2D eigenvalue weighted by atomic mass is 16.5.